The number of nitrogens with zero attached hydrogens (tertiary/aromatic N) is 3. The van der Waals surface area contributed by atoms with Crippen LogP contribution in [-0.4, -0.2) is 16.1 Å². The predicted octanol–water partition coefficient (Wildman–Crippen LogP) is 3.48. The quantitative estimate of drug-likeness (QED) is 0.681. The summed E-state index contributed by atoms with van der Waals surface area (Å²) in [5.41, 5.74) is 1.64. The van der Waals surface area contributed by atoms with E-state index < -0.39 is 0 Å². The maximum atomic E-state index is 13.0. The molecule has 1 N–H and O–H groups in total. The molecule has 2 aliphatic heterocycles. The van der Waals surface area contributed by atoms with Crippen molar-refractivity contribution in [3.8, 4) is 0 Å². The molecule has 0 fully saturated rings. The van der Waals surface area contributed by atoms with E-state index in [1.807, 2.05) is 66.0 Å². The van der Waals surface area contributed by atoms with Crippen LogP contribution in [-0.2, 0) is 10.5 Å². The zero-order valence-corrected chi connectivity index (χ0v) is 17.5. The van der Waals surface area contributed by atoms with Crippen molar-refractivity contribution in [1.82, 2.24) is 10.3 Å². The largest absolute Gasteiger partial charge is 0.298 e. The van der Waals surface area contributed by atoms with Crippen molar-refractivity contribution >= 4 is 51.5 Å². The standard InChI is InChI=1S/C21H15ClN4OS2/c22-14-9-7-13(8-10-14)12-29-21-24-20(27)18-15-4-1-2-5-16(15)23-19(26(18)25-21)17-6-3-11-28-17/h1-11,19H,12H2,(H,24,25,27). The number of amidine groups is 1. The molecule has 3 heterocycles. The molecular weight excluding hydrogens is 424 g/mol. The van der Waals surface area contributed by atoms with Crippen molar-refractivity contribution in [1.29, 1.82) is 0 Å². The third-order valence-electron chi connectivity index (χ3n) is 4.60. The van der Waals surface area contributed by atoms with E-state index in [-0.39, 0.29) is 12.1 Å². The number of rotatable bonds is 3. The molecule has 0 bridgehead atoms. The van der Waals surface area contributed by atoms with Crippen LogP contribution < -0.4 is 15.9 Å². The maximum Gasteiger partial charge on any atom is 0.276 e. The van der Waals surface area contributed by atoms with Crippen molar-refractivity contribution in [2.75, 3.05) is 0 Å². The number of hydrogen-bond acceptors (Lipinski definition) is 6. The van der Waals surface area contributed by atoms with E-state index in [4.69, 9.17) is 21.7 Å². The number of carbonyl (C=O) groups excluding carboxylic acids is 1. The molecule has 5 rings (SSSR count). The minimum absolute atomic E-state index is 0.164. The number of carbonyl (C=O) groups is 1. The summed E-state index contributed by atoms with van der Waals surface area (Å²) < 4.78 is 0. The van der Waals surface area contributed by atoms with Crippen LogP contribution in [0.25, 0.3) is 5.70 Å². The lowest BCUT2D eigenvalue weighted by atomic mass is 10.1. The first-order valence-corrected chi connectivity index (χ1v) is 11.2. The zero-order chi connectivity index (χ0) is 19.8. The lowest BCUT2D eigenvalue weighted by molar-refractivity contribution is -0.116. The number of para-hydroxylation sites is 1. The minimum Gasteiger partial charge on any atom is -0.298 e. The Bertz CT molecular complexity index is 1220. The first-order valence-electron chi connectivity index (χ1n) is 8.96. The second kappa shape index (κ2) is 7.67. The van der Waals surface area contributed by atoms with E-state index in [1.165, 1.54) is 11.8 Å². The molecule has 2 aliphatic rings. The Hall–Kier alpha value is -2.61. The van der Waals surface area contributed by atoms with Crippen LogP contribution in [0.1, 0.15) is 16.6 Å². The Balaban J connectivity index is 1.53. The number of benzene rings is 2. The van der Waals surface area contributed by atoms with Gasteiger partial charge in [-0.25, -0.2) is 5.01 Å². The van der Waals surface area contributed by atoms with Crippen molar-refractivity contribution in [3.05, 3.63) is 92.1 Å². The molecule has 5 nitrogen and oxygen atoms in total. The average molecular weight is 439 g/mol. The van der Waals surface area contributed by atoms with E-state index in [1.54, 1.807) is 16.3 Å². The van der Waals surface area contributed by atoms with Crippen molar-refractivity contribution in [3.63, 3.8) is 0 Å². The van der Waals surface area contributed by atoms with Gasteiger partial charge in [0.2, 0.25) is 0 Å². The Morgan fingerprint density at radius 2 is 1.93 bits per heavy atom. The molecule has 1 amide bonds. The molecule has 0 spiro atoms. The van der Waals surface area contributed by atoms with Gasteiger partial charge in [0, 0.05) is 16.0 Å². The Morgan fingerprint density at radius 1 is 1.10 bits per heavy atom. The molecule has 3 aromatic rings. The molecule has 0 radical (unpaired) electrons. The van der Waals surface area contributed by atoms with Crippen molar-refractivity contribution < 1.29 is 4.79 Å². The highest BCUT2D eigenvalue weighted by atomic mass is 35.5. The van der Waals surface area contributed by atoms with Gasteiger partial charge in [-0.3, -0.25) is 15.1 Å². The fourth-order valence-corrected chi connectivity index (χ4v) is 4.93. The number of hydrazone groups is 1. The highest BCUT2D eigenvalue weighted by molar-refractivity contribution is 8.13. The Morgan fingerprint density at radius 3 is 2.72 bits per heavy atom. The summed E-state index contributed by atoms with van der Waals surface area (Å²) in [5, 5.41) is 14.3. The van der Waals surface area contributed by atoms with Gasteiger partial charge in [-0.15, -0.1) is 16.4 Å². The van der Waals surface area contributed by atoms with Crippen molar-refractivity contribution in [2.45, 2.75) is 11.9 Å². The Labute approximate surface area is 180 Å². The summed E-state index contributed by atoms with van der Waals surface area (Å²) in [5.74, 6) is 0.513. The van der Waals surface area contributed by atoms with E-state index in [9.17, 15) is 4.79 Å². The van der Waals surface area contributed by atoms with E-state index >= 15 is 0 Å². The lowest BCUT2D eigenvalue weighted by Crippen LogP contribution is -2.50. The van der Waals surface area contributed by atoms with Crippen LogP contribution in [0.5, 0.6) is 0 Å². The van der Waals surface area contributed by atoms with Gasteiger partial charge in [0.15, 0.2) is 11.3 Å². The van der Waals surface area contributed by atoms with Gasteiger partial charge >= 0.3 is 0 Å². The second-order valence-electron chi connectivity index (χ2n) is 6.50. The normalized spacial score (nSPS) is 17.8. The van der Waals surface area contributed by atoms with E-state index in [0.29, 0.717) is 21.6 Å². The summed E-state index contributed by atoms with van der Waals surface area (Å²) >= 11 is 9.04. The summed E-state index contributed by atoms with van der Waals surface area (Å²) in [7, 11) is 0. The fourth-order valence-electron chi connectivity index (χ4n) is 3.25. The molecule has 144 valence electrons. The van der Waals surface area contributed by atoms with Crippen LogP contribution in [0.2, 0.25) is 5.02 Å². The third kappa shape index (κ3) is 3.57. The van der Waals surface area contributed by atoms with Gasteiger partial charge in [-0.1, -0.05) is 59.8 Å². The number of fused-ring (bicyclic) bond motifs is 2. The molecule has 1 aromatic heterocycles. The average Bonchev–Trinajstić information content (AvgIpc) is 3.27. The number of amides is 1. The van der Waals surface area contributed by atoms with Gasteiger partial charge in [-0.2, -0.15) is 0 Å². The van der Waals surface area contributed by atoms with Crippen LogP contribution in [0.4, 0.5) is 0 Å². The number of thioether (sulfide) groups is 1. The van der Waals surface area contributed by atoms with Crippen LogP contribution in [0.3, 0.4) is 0 Å². The minimum atomic E-state index is -0.350. The SMILES string of the molecule is O=C1NC(SCc2ccc(Cl)cc2)=NN2C1=c1ccccc1=NC2c1cccs1. The monoisotopic (exact) mass is 438 g/mol. The van der Waals surface area contributed by atoms with Gasteiger partial charge in [0.25, 0.3) is 5.91 Å². The zero-order valence-electron chi connectivity index (χ0n) is 15.1. The predicted molar refractivity (Wildman–Crippen MR) is 118 cm³/mol. The fraction of sp³-hybridized carbons (Fsp3) is 0.0952. The first kappa shape index (κ1) is 18.4. The second-order valence-corrected chi connectivity index (χ2v) is 8.88. The maximum absolute atomic E-state index is 13.0. The summed E-state index contributed by atoms with van der Waals surface area (Å²) in [4.78, 5) is 18.9. The molecule has 0 saturated carbocycles. The highest BCUT2D eigenvalue weighted by Crippen LogP contribution is 2.33. The number of hydrogen-bond donors (Lipinski definition) is 1. The highest BCUT2D eigenvalue weighted by Gasteiger charge is 2.34. The summed E-state index contributed by atoms with van der Waals surface area (Å²) in [6.45, 7) is 0. The third-order valence-corrected chi connectivity index (χ3v) is 6.70. The molecular formula is C21H15ClN4OS2. The molecule has 0 saturated heterocycles. The van der Waals surface area contributed by atoms with Gasteiger partial charge < -0.3 is 0 Å². The van der Waals surface area contributed by atoms with Crippen molar-refractivity contribution in [2.24, 2.45) is 10.1 Å². The molecule has 1 unspecified atom stereocenters. The summed E-state index contributed by atoms with van der Waals surface area (Å²) in [6.07, 6.45) is -0.350. The van der Waals surface area contributed by atoms with Gasteiger partial charge in [0.1, 0.15) is 5.70 Å². The van der Waals surface area contributed by atoms with E-state index in [0.717, 1.165) is 21.0 Å². The van der Waals surface area contributed by atoms with Crippen LogP contribution in [0, 0.1) is 0 Å². The lowest BCUT2D eigenvalue weighted by Gasteiger charge is -2.33. The first-order chi connectivity index (χ1) is 14.2. The van der Waals surface area contributed by atoms with Gasteiger partial charge in [-0.05, 0) is 35.2 Å². The molecule has 2 aromatic carbocycles. The summed E-state index contributed by atoms with van der Waals surface area (Å²) in [6, 6.07) is 19.4. The van der Waals surface area contributed by atoms with E-state index in [2.05, 4.69) is 5.32 Å². The Kier molecular flexibility index (Phi) is 4.87. The van der Waals surface area contributed by atoms with Crippen LogP contribution in [0.15, 0.2) is 76.1 Å². The molecule has 8 heteroatoms. The van der Waals surface area contributed by atoms with Gasteiger partial charge in [0.05, 0.1) is 10.2 Å². The molecule has 1 atom stereocenters. The molecule has 29 heavy (non-hydrogen) atoms. The number of nitrogens with one attached hydrogen (secondary N) is 1. The molecule has 0 aliphatic carbocycles. The smallest absolute Gasteiger partial charge is 0.276 e. The van der Waals surface area contributed by atoms with Crippen LogP contribution >= 0.6 is 34.7 Å². The number of halogens is 1. The number of thiophene rings is 1. The topological polar surface area (TPSA) is 57.1 Å².